The monoisotopic (exact) mass is 476 g/mol. The largest absolute Gasteiger partial charge is 0.493 e. The third-order valence-corrected chi connectivity index (χ3v) is 5.10. The van der Waals surface area contributed by atoms with E-state index in [4.69, 9.17) is 14.7 Å². The van der Waals surface area contributed by atoms with Crippen molar-refractivity contribution in [2.24, 2.45) is 0 Å². The van der Waals surface area contributed by atoms with Gasteiger partial charge in [0.25, 0.3) is 11.8 Å². The van der Waals surface area contributed by atoms with Crippen molar-refractivity contribution >= 4 is 29.5 Å². The summed E-state index contributed by atoms with van der Waals surface area (Å²) in [5, 5.41) is 11.4. The lowest BCUT2D eigenvalue weighted by atomic mass is 10.0. The van der Waals surface area contributed by atoms with Crippen molar-refractivity contribution < 1.29 is 28.7 Å². The molecule has 0 atom stereocenters. The fourth-order valence-electron chi connectivity index (χ4n) is 3.29. The Morgan fingerprint density at radius 2 is 1.63 bits per heavy atom. The van der Waals surface area contributed by atoms with E-state index >= 15 is 0 Å². The van der Waals surface area contributed by atoms with Gasteiger partial charge in [0.2, 0.25) is 0 Å². The molecule has 0 spiro atoms. The summed E-state index contributed by atoms with van der Waals surface area (Å²) < 4.78 is 25.2. The van der Waals surface area contributed by atoms with Gasteiger partial charge in [-0.2, -0.15) is 0 Å². The highest BCUT2D eigenvalue weighted by molar-refractivity contribution is 6.24. The van der Waals surface area contributed by atoms with Crippen molar-refractivity contribution in [1.29, 1.82) is 0 Å². The van der Waals surface area contributed by atoms with E-state index in [0.29, 0.717) is 17.1 Å². The molecule has 0 saturated carbocycles. The van der Waals surface area contributed by atoms with Crippen LogP contribution in [0.25, 0.3) is 17.7 Å². The second-order valence-corrected chi connectivity index (χ2v) is 7.39. The van der Waals surface area contributed by atoms with Crippen LogP contribution in [0, 0.1) is 5.82 Å². The zero-order valence-corrected chi connectivity index (χ0v) is 19.2. The van der Waals surface area contributed by atoms with Crippen LogP contribution < -0.4 is 20.3 Å². The van der Waals surface area contributed by atoms with Crippen molar-refractivity contribution in [1.82, 2.24) is 10.8 Å². The second kappa shape index (κ2) is 12.2. The Bertz CT molecular complexity index is 1250. The van der Waals surface area contributed by atoms with Crippen LogP contribution in [0.1, 0.15) is 22.3 Å². The first-order valence-corrected chi connectivity index (χ1v) is 10.6. The van der Waals surface area contributed by atoms with E-state index in [1.807, 2.05) is 0 Å². The van der Waals surface area contributed by atoms with Crippen molar-refractivity contribution in [2.75, 3.05) is 14.2 Å². The number of ether oxygens (including phenoxy) is 2. The van der Waals surface area contributed by atoms with Gasteiger partial charge in [0.1, 0.15) is 5.82 Å². The lowest BCUT2D eigenvalue weighted by molar-refractivity contribution is -0.124. The van der Waals surface area contributed by atoms with Gasteiger partial charge in [-0.05, 0) is 47.0 Å². The van der Waals surface area contributed by atoms with E-state index in [1.165, 1.54) is 37.9 Å². The maximum Gasteiger partial charge on any atom is 0.267 e. The summed E-state index contributed by atoms with van der Waals surface area (Å²) in [6, 6.07) is 18.3. The third-order valence-electron chi connectivity index (χ3n) is 5.10. The molecule has 0 bridgehead atoms. The van der Waals surface area contributed by atoms with Gasteiger partial charge >= 0.3 is 0 Å². The van der Waals surface area contributed by atoms with Crippen molar-refractivity contribution in [2.45, 2.75) is 6.54 Å². The van der Waals surface area contributed by atoms with E-state index in [2.05, 4.69) is 5.32 Å². The van der Waals surface area contributed by atoms with Crippen molar-refractivity contribution in [3.63, 3.8) is 0 Å². The van der Waals surface area contributed by atoms with E-state index < -0.39 is 17.6 Å². The van der Waals surface area contributed by atoms with Gasteiger partial charge in [-0.25, -0.2) is 9.87 Å². The number of benzene rings is 3. The Kier molecular flexibility index (Phi) is 8.75. The van der Waals surface area contributed by atoms with Crippen molar-refractivity contribution in [3.8, 4) is 11.5 Å². The average molecular weight is 477 g/mol. The highest BCUT2D eigenvalue weighted by Gasteiger charge is 2.16. The minimum absolute atomic E-state index is 0.157. The molecule has 0 saturated heterocycles. The zero-order valence-electron chi connectivity index (χ0n) is 19.2. The molecule has 3 aromatic carbocycles. The molecule has 3 aromatic rings. The van der Waals surface area contributed by atoms with Crippen LogP contribution in [0.4, 0.5) is 4.39 Å². The summed E-state index contributed by atoms with van der Waals surface area (Å²) >= 11 is 0. The van der Waals surface area contributed by atoms with Crippen LogP contribution in [0.3, 0.4) is 0 Å². The maximum atomic E-state index is 14.6. The fourth-order valence-corrected chi connectivity index (χ4v) is 3.29. The number of nitrogens with one attached hydrogen (secondary N) is 2. The molecule has 3 N–H and O–H groups in total. The number of carbonyl (C=O) groups is 2. The third kappa shape index (κ3) is 6.78. The standard InChI is InChI=1S/C27H25FN2O5/c1-34-24-13-11-20(16-25(24)35-2)15-22(21-5-3-4-6-23(21)28)27(32)29-17-19-9-7-18(8-10-19)12-14-26(31)30-33/h3-16,33H,17H2,1-2H3,(H,29,32)(H,30,31)/b14-12+,22-15+. The number of rotatable bonds is 9. The first kappa shape index (κ1) is 25.2. The first-order chi connectivity index (χ1) is 16.9. The number of hydrogen-bond acceptors (Lipinski definition) is 5. The highest BCUT2D eigenvalue weighted by Crippen LogP contribution is 2.30. The number of halogens is 1. The molecule has 8 heteroatoms. The molecule has 0 aliphatic heterocycles. The van der Waals surface area contributed by atoms with Crippen molar-refractivity contribution in [3.05, 3.63) is 101 Å². The molecule has 0 aromatic heterocycles. The molecule has 3 rings (SSSR count). The first-order valence-electron chi connectivity index (χ1n) is 10.6. The Labute approximate surface area is 202 Å². The molecule has 0 aliphatic rings. The molecule has 180 valence electrons. The number of amides is 2. The van der Waals surface area contributed by atoms with E-state index in [9.17, 15) is 14.0 Å². The van der Waals surface area contributed by atoms with Crippen LogP contribution in [-0.4, -0.2) is 31.2 Å². The lowest BCUT2D eigenvalue weighted by Gasteiger charge is -2.12. The van der Waals surface area contributed by atoms with Crippen LogP contribution in [0.15, 0.2) is 72.8 Å². The van der Waals surface area contributed by atoms with E-state index in [0.717, 1.165) is 11.1 Å². The van der Waals surface area contributed by atoms with Gasteiger partial charge in [0, 0.05) is 18.2 Å². The summed E-state index contributed by atoms with van der Waals surface area (Å²) in [5.41, 5.74) is 4.03. The number of carbonyl (C=O) groups excluding carboxylic acids is 2. The van der Waals surface area contributed by atoms with Gasteiger partial charge in [-0.15, -0.1) is 0 Å². The Balaban J connectivity index is 1.83. The topological polar surface area (TPSA) is 96.9 Å². The molecule has 0 unspecified atom stereocenters. The lowest BCUT2D eigenvalue weighted by Crippen LogP contribution is -2.24. The SMILES string of the molecule is COc1ccc(/C=C(/C(=O)NCc2ccc(/C=C/C(=O)NO)cc2)c2ccccc2F)cc1OC. The quantitative estimate of drug-likeness (QED) is 0.186. The minimum Gasteiger partial charge on any atom is -0.493 e. The summed E-state index contributed by atoms with van der Waals surface area (Å²) in [7, 11) is 3.04. The molecular formula is C27H25FN2O5. The number of hydrogen-bond donors (Lipinski definition) is 3. The predicted molar refractivity (Wildman–Crippen MR) is 131 cm³/mol. The minimum atomic E-state index is -0.636. The average Bonchev–Trinajstić information content (AvgIpc) is 2.89. The van der Waals surface area contributed by atoms with Gasteiger partial charge in [0.15, 0.2) is 11.5 Å². The predicted octanol–water partition coefficient (Wildman–Crippen LogP) is 4.22. The Morgan fingerprint density at radius 1 is 0.943 bits per heavy atom. The molecular weight excluding hydrogens is 451 g/mol. The number of methoxy groups -OCH3 is 2. The van der Waals surface area contributed by atoms with Crippen LogP contribution in [-0.2, 0) is 16.1 Å². The summed E-state index contributed by atoms with van der Waals surface area (Å²) in [5.74, 6) is -0.578. The maximum absolute atomic E-state index is 14.6. The molecule has 0 radical (unpaired) electrons. The molecule has 0 heterocycles. The van der Waals surface area contributed by atoms with Gasteiger partial charge in [-0.1, -0.05) is 48.5 Å². The molecule has 35 heavy (non-hydrogen) atoms. The van der Waals surface area contributed by atoms with Gasteiger partial charge in [-0.3, -0.25) is 14.8 Å². The van der Waals surface area contributed by atoms with Crippen LogP contribution >= 0.6 is 0 Å². The van der Waals surface area contributed by atoms with Gasteiger partial charge in [0.05, 0.1) is 19.8 Å². The zero-order chi connectivity index (χ0) is 25.2. The Morgan fingerprint density at radius 3 is 2.29 bits per heavy atom. The summed E-state index contributed by atoms with van der Waals surface area (Å²) in [6.45, 7) is 0.206. The van der Waals surface area contributed by atoms with Crippen LogP contribution in [0.2, 0.25) is 0 Å². The molecule has 2 amide bonds. The second-order valence-electron chi connectivity index (χ2n) is 7.39. The fraction of sp³-hybridized carbons (Fsp3) is 0.111. The van der Waals surface area contributed by atoms with Gasteiger partial charge < -0.3 is 14.8 Å². The van der Waals surface area contributed by atoms with E-state index in [-0.39, 0.29) is 17.7 Å². The van der Waals surface area contributed by atoms with Crippen LogP contribution in [0.5, 0.6) is 11.5 Å². The molecule has 7 nitrogen and oxygen atoms in total. The normalized spacial score (nSPS) is 11.3. The Hall–Kier alpha value is -4.43. The molecule has 0 fully saturated rings. The number of hydroxylamine groups is 1. The smallest absolute Gasteiger partial charge is 0.267 e. The summed E-state index contributed by atoms with van der Waals surface area (Å²) in [4.78, 5) is 24.2. The summed E-state index contributed by atoms with van der Waals surface area (Å²) in [6.07, 6.45) is 4.32. The highest BCUT2D eigenvalue weighted by atomic mass is 19.1. The molecule has 0 aliphatic carbocycles. The van der Waals surface area contributed by atoms with E-state index in [1.54, 1.807) is 66.7 Å².